The highest BCUT2D eigenvalue weighted by molar-refractivity contribution is 5.02. The molecule has 0 saturated heterocycles. The van der Waals surface area contributed by atoms with Crippen molar-refractivity contribution in [2.24, 2.45) is 5.92 Å². The van der Waals surface area contributed by atoms with Crippen LogP contribution in [0.4, 0.5) is 0 Å². The van der Waals surface area contributed by atoms with E-state index in [9.17, 15) is 0 Å². The summed E-state index contributed by atoms with van der Waals surface area (Å²) in [7, 11) is 0. The van der Waals surface area contributed by atoms with E-state index in [0.717, 1.165) is 25.2 Å². The average Bonchev–Trinajstić information content (AvgIpc) is 2.68. The fourth-order valence-corrected chi connectivity index (χ4v) is 2.23. The monoisotopic (exact) mass is 204 g/mol. The van der Waals surface area contributed by atoms with Crippen molar-refractivity contribution in [3.63, 3.8) is 0 Å². The summed E-state index contributed by atoms with van der Waals surface area (Å²) < 4.78 is 0. The summed E-state index contributed by atoms with van der Waals surface area (Å²) in [5.74, 6) is 7.53. The van der Waals surface area contributed by atoms with Crippen molar-refractivity contribution in [3.05, 3.63) is 12.2 Å². The fraction of sp³-hybridized carbons (Fsp3) is 0.733. The molecule has 15 heavy (non-hydrogen) atoms. The van der Waals surface area contributed by atoms with Crippen LogP contribution >= 0.6 is 0 Å². The van der Waals surface area contributed by atoms with E-state index >= 15 is 0 Å². The van der Waals surface area contributed by atoms with Crippen molar-refractivity contribution in [3.8, 4) is 11.8 Å². The number of hydrogen-bond acceptors (Lipinski definition) is 0. The molecule has 0 aromatic rings. The van der Waals surface area contributed by atoms with Gasteiger partial charge < -0.3 is 0 Å². The lowest BCUT2D eigenvalue weighted by atomic mass is 10.0. The minimum Gasteiger partial charge on any atom is -0.103 e. The molecule has 0 amide bonds. The quantitative estimate of drug-likeness (QED) is 0.346. The normalized spacial score (nSPS) is 16.1. The van der Waals surface area contributed by atoms with Gasteiger partial charge in [-0.25, -0.2) is 0 Å². The zero-order valence-corrected chi connectivity index (χ0v) is 10.1. The number of unbranched alkanes of at least 4 members (excludes halogenated alkanes) is 1. The Hall–Kier alpha value is -0.700. The van der Waals surface area contributed by atoms with Gasteiger partial charge >= 0.3 is 0 Å². The third-order valence-corrected chi connectivity index (χ3v) is 3.19. The summed E-state index contributed by atoms with van der Waals surface area (Å²) in [5, 5.41) is 0. The zero-order valence-electron chi connectivity index (χ0n) is 10.1. The topological polar surface area (TPSA) is 0 Å². The molecule has 0 heteroatoms. The van der Waals surface area contributed by atoms with Crippen molar-refractivity contribution in [2.75, 3.05) is 0 Å². The van der Waals surface area contributed by atoms with Gasteiger partial charge in [0.05, 0.1) is 0 Å². The van der Waals surface area contributed by atoms with Crippen LogP contribution in [0.3, 0.4) is 0 Å². The first-order valence-corrected chi connectivity index (χ1v) is 6.39. The molecule has 0 spiro atoms. The van der Waals surface area contributed by atoms with E-state index < -0.39 is 0 Å². The molecule has 1 fully saturated rings. The Balaban J connectivity index is 1.93. The Morgan fingerprint density at radius 2 is 1.87 bits per heavy atom. The zero-order chi connectivity index (χ0) is 10.9. The van der Waals surface area contributed by atoms with E-state index in [0.29, 0.717) is 0 Å². The molecule has 0 N–H and O–H groups in total. The lowest BCUT2D eigenvalue weighted by Gasteiger charge is -2.05. The third kappa shape index (κ3) is 6.39. The lowest BCUT2D eigenvalue weighted by molar-refractivity contribution is 0.488. The van der Waals surface area contributed by atoms with Crippen molar-refractivity contribution in [2.45, 2.75) is 64.7 Å². The molecule has 0 radical (unpaired) electrons. The number of allylic oxidation sites excluding steroid dienone is 1. The molecule has 0 atom stereocenters. The van der Waals surface area contributed by atoms with E-state index in [1.54, 1.807) is 0 Å². The summed E-state index contributed by atoms with van der Waals surface area (Å²) in [6, 6.07) is 0. The van der Waals surface area contributed by atoms with Crippen LogP contribution in [0.5, 0.6) is 0 Å². The van der Waals surface area contributed by atoms with Gasteiger partial charge in [0.25, 0.3) is 0 Å². The molecule has 84 valence electrons. The van der Waals surface area contributed by atoms with E-state index in [1.165, 1.54) is 44.1 Å². The van der Waals surface area contributed by atoms with Gasteiger partial charge in [-0.3, -0.25) is 0 Å². The second-order valence-corrected chi connectivity index (χ2v) is 4.85. The largest absolute Gasteiger partial charge is 0.103 e. The van der Waals surface area contributed by atoms with E-state index in [1.807, 2.05) is 0 Å². The number of rotatable bonds is 5. The minimum atomic E-state index is 0.999. The van der Waals surface area contributed by atoms with E-state index in [-0.39, 0.29) is 0 Å². The molecule has 0 unspecified atom stereocenters. The number of hydrogen-bond donors (Lipinski definition) is 0. The van der Waals surface area contributed by atoms with Gasteiger partial charge in [0.1, 0.15) is 0 Å². The Morgan fingerprint density at radius 3 is 2.53 bits per heavy atom. The molecule has 1 aliphatic rings. The van der Waals surface area contributed by atoms with Crippen LogP contribution < -0.4 is 0 Å². The first kappa shape index (κ1) is 12.4. The van der Waals surface area contributed by atoms with Crippen molar-refractivity contribution in [1.29, 1.82) is 0 Å². The van der Waals surface area contributed by atoms with Crippen LogP contribution in [-0.4, -0.2) is 0 Å². The van der Waals surface area contributed by atoms with Gasteiger partial charge in [0.15, 0.2) is 0 Å². The van der Waals surface area contributed by atoms with Crippen LogP contribution in [0.2, 0.25) is 0 Å². The maximum Gasteiger partial charge on any atom is 0.0126 e. The third-order valence-electron chi connectivity index (χ3n) is 3.19. The molecule has 0 aromatic carbocycles. The summed E-state index contributed by atoms with van der Waals surface area (Å²) >= 11 is 0. The summed E-state index contributed by atoms with van der Waals surface area (Å²) in [5.41, 5.74) is 1.25. The molecule has 0 heterocycles. The molecule has 1 aliphatic carbocycles. The highest BCUT2D eigenvalue weighted by Crippen LogP contribution is 2.28. The van der Waals surface area contributed by atoms with Gasteiger partial charge in [0.2, 0.25) is 0 Å². The molecule has 1 saturated carbocycles. The predicted octanol–water partition coefficient (Wildman–Crippen LogP) is 4.71. The lowest BCUT2D eigenvalue weighted by Crippen LogP contribution is -1.91. The first-order chi connectivity index (χ1) is 7.29. The van der Waals surface area contributed by atoms with Crippen LogP contribution in [0.25, 0.3) is 0 Å². The summed E-state index contributed by atoms with van der Waals surface area (Å²) in [4.78, 5) is 0. The van der Waals surface area contributed by atoms with Gasteiger partial charge in [-0.15, -0.1) is 18.4 Å². The molecule has 0 aromatic heterocycles. The Bertz CT molecular complexity index is 232. The van der Waals surface area contributed by atoms with Gasteiger partial charge in [0, 0.05) is 12.8 Å². The van der Waals surface area contributed by atoms with Crippen LogP contribution in [-0.2, 0) is 0 Å². The van der Waals surface area contributed by atoms with Gasteiger partial charge in [-0.05, 0) is 32.1 Å². The molecular formula is C15H24. The minimum absolute atomic E-state index is 0.999. The average molecular weight is 204 g/mol. The van der Waals surface area contributed by atoms with Gasteiger partial charge in [-0.2, -0.15) is 0 Å². The Kier molecular flexibility index (Phi) is 6.25. The summed E-state index contributed by atoms with van der Waals surface area (Å²) in [6.45, 7) is 5.94. The van der Waals surface area contributed by atoms with Crippen molar-refractivity contribution >= 4 is 0 Å². The highest BCUT2D eigenvalue weighted by Gasteiger charge is 2.13. The molecule has 0 bridgehead atoms. The van der Waals surface area contributed by atoms with Crippen LogP contribution in [0, 0.1) is 17.8 Å². The maximum atomic E-state index is 3.87. The SMILES string of the molecule is C=C(C)CCC#CCCCC1CCCC1. The van der Waals surface area contributed by atoms with Crippen LogP contribution in [0.1, 0.15) is 64.7 Å². The first-order valence-electron chi connectivity index (χ1n) is 6.39. The fourth-order valence-electron chi connectivity index (χ4n) is 2.23. The van der Waals surface area contributed by atoms with Gasteiger partial charge in [-0.1, -0.05) is 31.3 Å². The van der Waals surface area contributed by atoms with E-state index in [2.05, 4.69) is 25.3 Å². The molecule has 1 rings (SSSR count). The Labute approximate surface area is 95.2 Å². The smallest absolute Gasteiger partial charge is 0.0126 e. The predicted molar refractivity (Wildman–Crippen MR) is 67.6 cm³/mol. The second-order valence-electron chi connectivity index (χ2n) is 4.85. The molecular weight excluding hydrogens is 180 g/mol. The second kappa shape index (κ2) is 7.57. The maximum absolute atomic E-state index is 3.87. The summed E-state index contributed by atoms with van der Waals surface area (Å²) in [6.07, 6.45) is 11.8. The molecule has 0 aliphatic heterocycles. The standard InChI is InChI=1S/C15H24/c1-14(2)10-6-4-3-5-7-11-15-12-8-9-13-15/h15H,1,5-13H2,2H3. The Morgan fingerprint density at radius 1 is 1.20 bits per heavy atom. The highest BCUT2D eigenvalue weighted by atomic mass is 14.2. The van der Waals surface area contributed by atoms with Crippen molar-refractivity contribution < 1.29 is 0 Å². The molecule has 0 nitrogen and oxygen atoms in total. The van der Waals surface area contributed by atoms with Crippen molar-refractivity contribution in [1.82, 2.24) is 0 Å². The van der Waals surface area contributed by atoms with Crippen LogP contribution in [0.15, 0.2) is 12.2 Å². The van der Waals surface area contributed by atoms with E-state index in [4.69, 9.17) is 0 Å².